The molecule has 2 atom stereocenters. The van der Waals surface area contributed by atoms with Crippen molar-refractivity contribution in [2.24, 2.45) is 5.92 Å². The number of benzene rings is 2. The van der Waals surface area contributed by atoms with E-state index in [1.807, 2.05) is 0 Å². The topological polar surface area (TPSA) is 146 Å². The molecule has 2 aromatic carbocycles. The van der Waals surface area contributed by atoms with Crippen molar-refractivity contribution in [3.8, 4) is 0 Å². The lowest BCUT2D eigenvalue weighted by atomic mass is 10.1. The van der Waals surface area contributed by atoms with Gasteiger partial charge in [0.25, 0.3) is 15.7 Å². The number of halogens is 3. The van der Waals surface area contributed by atoms with E-state index in [0.29, 0.717) is 12.1 Å². The number of anilines is 4. The Balaban J connectivity index is 1.50. The molecule has 2 aliphatic rings. The highest BCUT2D eigenvalue weighted by atomic mass is 32.2. The molecule has 1 aromatic heterocycles. The largest absolute Gasteiger partial charge is 0.501 e. The lowest BCUT2D eigenvalue weighted by molar-refractivity contribution is -0.119. The molecule has 1 spiro atoms. The molecule has 0 bridgehead atoms. The first-order valence-corrected chi connectivity index (χ1v) is 14.6. The Hall–Kier alpha value is -4.18. The van der Waals surface area contributed by atoms with Gasteiger partial charge in [-0.2, -0.15) is 21.6 Å². The average Bonchev–Trinajstić information content (AvgIpc) is 3.50. The standard InChI is InChI=1S/C24H20F3N5O6S2/c1-15-13-23(15)21(33)31(17-7-9-18(10-8-17)39(35,36)24(25,26)27)22(34)32(23)20-11-12-28-14-19(20)30-40(37,38)29-16-5-3-2-4-6-16/h2-12,14-15,29-30H,13H2,1H3. The van der Waals surface area contributed by atoms with Crippen molar-refractivity contribution >= 4 is 54.7 Å². The van der Waals surface area contributed by atoms with Crippen LogP contribution < -0.4 is 19.2 Å². The van der Waals surface area contributed by atoms with Crippen LogP contribution in [0.5, 0.6) is 0 Å². The number of hydrogen-bond acceptors (Lipinski definition) is 7. The van der Waals surface area contributed by atoms with E-state index in [1.165, 1.54) is 24.4 Å². The van der Waals surface area contributed by atoms with Gasteiger partial charge in [-0.3, -0.25) is 24.1 Å². The van der Waals surface area contributed by atoms with Crippen molar-refractivity contribution in [2.75, 3.05) is 19.2 Å². The summed E-state index contributed by atoms with van der Waals surface area (Å²) >= 11 is 0. The number of hydrogen-bond donors (Lipinski definition) is 2. The van der Waals surface area contributed by atoms with Gasteiger partial charge in [-0.25, -0.2) is 18.1 Å². The van der Waals surface area contributed by atoms with Crippen LogP contribution in [0.25, 0.3) is 0 Å². The molecule has 3 amide bonds. The van der Waals surface area contributed by atoms with Gasteiger partial charge in [0.2, 0.25) is 0 Å². The summed E-state index contributed by atoms with van der Waals surface area (Å²) in [4.78, 5) is 32.0. The number of carbonyl (C=O) groups is 2. The Morgan fingerprint density at radius 3 is 2.15 bits per heavy atom. The third-order valence-electron chi connectivity index (χ3n) is 6.65. The molecule has 0 radical (unpaired) electrons. The molecular formula is C24H20F3N5O6S2. The first-order valence-electron chi connectivity index (χ1n) is 11.6. The SMILES string of the molecule is CC1CC12C(=O)N(c1ccc(S(=O)(=O)C(F)(F)F)cc1)C(=O)N2c1ccncc1NS(=O)(=O)Nc1ccccc1. The van der Waals surface area contributed by atoms with E-state index in [2.05, 4.69) is 14.4 Å². The van der Waals surface area contributed by atoms with E-state index in [1.54, 1.807) is 25.1 Å². The zero-order valence-electron chi connectivity index (χ0n) is 20.5. The van der Waals surface area contributed by atoms with E-state index >= 15 is 0 Å². The molecule has 1 aliphatic heterocycles. The van der Waals surface area contributed by atoms with Gasteiger partial charge < -0.3 is 0 Å². The fourth-order valence-electron chi connectivity index (χ4n) is 4.61. The number of alkyl halides is 3. The minimum Gasteiger partial charge on any atom is -0.276 e. The van der Waals surface area contributed by atoms with E-state index in [9.17, 15) is 39.6 Å². The molecule has 2 fully saturated rings. The zero-order chi connectivity index (χ0) is 29.1. The van der Waals surface area contributed by atoms with Gasteiger partial charge in [-0.15, -0.1) is 0 Å². The maximum Gasteiger partial charge on any atom is 0.501 e. The summed E-state index contributed by atoms with van der Waals surface area (Å²) in [5.74, 6) is -1.04. The number of sulfone groups is 1. The molecule has 5 rings (SSSR count). The van der Waals surface area contributed by atoms with Crippen LogP contribution in [-0.2, 0) is 24.8 Å². The summed E-state index contributed by atoms with van der Waals surface area (Å²) < 4.78 is 92.6. The van der Waals surface area contributed by atoms with Crippen molar-refractivity contribution < 1.29 is 39.6 Å². The van der Waals surface area contributed by atoms with Crippen LogP contribution in [-0.4, -0.2) is 44.8 Å². The van der Waals surface area contributed by atoms with Crippen LogP contribution in [0.2, 0.25) is 0 Å². The van der Waals surface area contributed by atoms with Gasteiger partial charge in [0.1, 0.15) is 5.54 Å². The summed E-state index contributed by atoms with van der Waals surface area (Å²) in [6, 6.07) is 11.6. The zero-order valence-corrected chi connectivity index (χ0v) is 22.1. The van der Waals surface area contributed by atoms with Crippen molar-refractivity contribution in [1.82, 2.24) is 4.98 Å². The fourth-order valence-corrected chi connectivity index (χ4v) is 6.32. The summed E-state index contributed by atoms with van der Waals surface area (Å²) in [5, 5.41) is 0. The highest BCUT2D eigenvalue weighted by Crippen LogP contribution is 2.56. The summed E-state index contributed by atoms with van der Waals surface area (Å²) in [6.07, 6.45) is 2.69. The molecular weight excluding hydrogens is 575 g/mol. The van der Waals surface area contributed by atoms with Crippen molar-refractivity contribution in [1.29, 1.82) is 0 Å². The Bertz CT molecular complexity index is 1720. The first-order chi connectivity index (χ1) is 18.7. The van der Waals surface area contributed by atoms with E-state index in [4.69, 9.17) is 0 Å². The number of aromatic nitrogens is 1. The van der Waals surface area contributed by atoms with Gasteiger partial charge in [0, 0.05) is 6.20 Å². The highest BCUT2D eigenvalue weighted by molar-refractivity contribution is 7.94. The van der Waals surface area contributed by atoms with E-state index in [0.717, 1.165) is 28.1 Å². The van der Waals surface area contributed by atoms with Gasteiger partial charge in [-0.1, -0.05) is 25.1 Å². The summed E-state index contributed by atoms with van der Waals surface area (Å²) in [5.41, 5.74) is -6.89. The molecule has 40 heavy (non-hydrogen) atoms. The minimum absolute atomic E-state index is 0.0231. The lowest BCUT2D eigenvalue weighted by Gasteiger charge is -2.25. The van der Waals surface area contributed by atoms with Crippen LogP contribution in [0.4, 0.5) is 40.7 Å². The summed E-state index contributed by atoms with van der Waals surface area (Å²) in [6.45, 7) is 1.71. The fraction of sp³-hybridized carbons (Fsp3) is 0.208. The lowest BCUT2D eigenvalue weighted by Crippen LogP contribution is -2.39. The Labute approximate surface area is 226 Å². The second kappa shape index (κ2) is 9.19. The van der Waals surface area contributed by atoms with Crippen LogP contribution in [0.3, 0.4) is 0 Å². The molecule has 11 nitrogen and oxygen atoms in total. The first kappa shape index (κ1) is 27.4. The second-order valence-electron chi connectivity index (χ2n) is 9.20. The van der Waals surface area contributed by atoms with Crippen molar-refractivity contribution in [2.45, 2.75) is 29.3 Å². The quantitative estimate of drug-likeness (QED) is 0.394. The third-order valence-corrected chi connectivity index (χ3v) is 9.14. The van der Waals surface area contributed by atoms with Gasteiger partial charge >= 0.3 is 21.7 Å². The molecule has 2 unspecified atom stereocenters. The second-order valence-corrected chi connectivity index (χ2v) is 12.6. The number of amides is 3. The number of urea groups is 1. The van der Waals surface area contributed by atoms with Crippen LogP contribution in [0.1, 0.15) is 13.3 Å². The highest BCUT2D eigenvalue weighted by Gasteiger charge is 2.71. The van der Waals surface area contributed by atoms with Gasteiger partial charge in [0.05, 0.1) is 33.8 Å². The molecule has 16 heteroatoms. The van der Waals surface area contributed by atoms with Crippen molar-refractivity contribution in [3.63, 3.8) is 0 Å². The number of nitrogens with zero attached hydrogens (tertiary/aromatic N) is 3. The Kier molecular flexibility index (Phi) is 6.29. The molecule has 2 N–H and O–H groups in total. The smallest absolute Gasteiger partial charge is 0.276 e. The Morgan fingerprint density at radius 2 is 1.57 bits per heavy atom. The average molecular weight is 596 g/mol. The van der Waals surface area contributed by atoms with Crippen LogP contribution in [0.15, 0.2) is 78.0 Å². The number of rotatable bonds is 7. The van der Waals surface area contributed by atoms with E-state index < -0.39 is 47.9 Å². The number of imide groups is 1. The number of carbonyl (C=O) groups excluding carboxylic acids is 2. The molecule has 2 heterocycles. The molecule has 210 valence electrons. The number of para-hydroxylation sites is 1. The maximum absolute atomic E-state index is 13.7. The normalized spacial score (nSPS) is 21.1. The van der Waals surface area contributed by atoms with Crippen molar-refractivity contribution in [3.05, 3.63) is 73.1 Å². The number of nitrogens with one attached hydrogen (secondary N) is 2. The van der Waals surface area contributed by atoms with Crippen LogP contribution in [0, 0.1) is 5.92 Å². The molecule has 3 aromatic rings. The molecule has 1 aliphatic carbocycles. The predicted octanol–water partition coefficient (Wildman–Crippen LogP) is 3.90. The van der Waals surface area contributed by atoms with Crippen LogP contribution >= 0.6 is 0 Å². The Morgan fingerprint density at radius 1 is 0.950 bits per heavy atom. The minimum atomic E-state index is -5.64. The monoisotopic (exact) mass is 595 g/mol. The maximum atomic E-state index is 13.7. The number of pyridine rings is 1. The molecule has 1 saturated carbocycles. The van der Waals surface area contributed by atoms with Gasteiger partial charge in [-0.05, 0) is 54.8 Å². The third kappa shape index (κ3) is 4.42. The summed E-state index contributed by atoms with van der Waals surface area (Å²) in [7, 11) is -9.86. The van der Waals surface area contributed by atoms with Gasteiger partial charge in [0.15, 0.2) is 0 Å². The molecule has 1 saturated heterocycles. The predicted molar refractivity (Wildman–Crippen MR) is 138 cm³/mol. The van der Waals surface area contributed by atoms with E-state index in [-0.39, 0.29) is 35.1 Å².